The number of thiophene rings is 1. The summed E-state index contributed by atoms with van der Waals surface area (Å²) in [6, 6.07) is 23.0. The van der Waals surface area contributed by atoms with Crippen molar-refractivity contribution in [2.24, 2.45) is 0 Å². The van der Waals surface area contributed by atoms with Crippen LogP contribution < -0.4 is 10.9 Å². The van der Waals surface area contributed by atoms with Crippen molar-refractivity contribution in [1.82, 2.24) is 9.55 Å². The Labute approximate surface area is 209 Å². The predicted octanol–water partition coefficient (Wildman–Crippen LogP) is 6.74. The zero-order chi connectivity index (χ0) is 23.7. The van der Waals surface area contributed by atoms with E-state index < -0.39 is 0 Å². The first-order chi connectivity index (χ1) is 16.5. The molecule has 0 spiro atoms. The molecule has 5 aromatic rings. The summed E-state index contributed by atoms with van der Waals surface area (Å²) in [5.74, 6) is -0.370. The average Bonchev–Trinajstić information content (AvgIpc) is 3.29. The van der Waals surface area contributed by atoms with Crippen molar-refractivity contribution in [2.75, 3.05) is 5.32 Å². The van der Waals surface area contributed by atoms with E-state index >= 15 is 0 Å². The van der Waals surface area contributed by atoms with Crippen LogP contribution in [-0.4, -0.2) is 15.5 Å². The lowest BCUT2D eigenvalue weighted by Crippen LogP contribution is -2.27. The average molecular weight is 506 g/mol. The fourth-order valence-electron chi connectivity index (χ4n) is 3.69. The minimum atomic E-state index is -0.370. The van der Waals surface area contributed by atoms with Gasteiger partial charge in [0.05, 0.1) is 21.8 Å². The Morgan fingerprint density at radius 1 is 0.912 bits per heavy atom. The van der Waals surface area contributed by atoms with Crippen molar-refractivity contribution in [3.8, 4) is 22.3 Å². The Hall–Kier alpha value is -3.45. The van der Waals surface area contributed by atoms with Gasteiger partial charge in [-0.25, -0.2) is 4.98 Å². The molecule has 1 N–H and O–H groups in total. The molecule has 5 nitrogen and oxygen atoms in total. The molecule has 0 aliphatic rings. The number of amides is 1. The minimum absolute atomic E-state index is 0.176. The summed E-state index contributed by atoms with van der Waals surface area (Å²) in [6.07, 6.45) is 1.40. The van der Waals surface area contributed by atoms with Crippen LogP contribution in [0.25, 0.3) is 32.5 Å². The van der Waals surface area contributed by atoms with Crippen LogP contribution in [-0.2, 0) is 11.3 Å². The van der Waals surface area contributed by atoms with E-state index in [4.69, 9.17) is 23.2 Å². The van der Waals surface area contributed by atoms with Crippen LogP contribution >= 0.6 is 34.5 Å². The van der Waals surface area contributed by atoms with Gasteiger partial charge in [0.25, 0.3) is 5.56 Å². The summed E-state index contributed by atoms with van der Waals surface area (Å²) >= 11 is 13.3. The van der Waals surface area contributed by atoms with Gasteiger partial charge in [-0.1, -0.05) is 77.8 Å². The molecule has 0 bridgehead atoms. The Morgan fingerprint density at radius 2 is 1.62 bits per heavy atom. The number of carbonyl (C=O) groups excluding carboxylic acids is 1. The van der Waals surface area contributed by atoms with Crippen LogP contribution in [0.15, 0.2) is 89.3 Å². The van der Waals surface area contributed by atoms with Gasteiger partial charge in [-0.15, -0.1) is 11.3 Å². The summed E-state index contributed by atoms with van der Waals surface area (Å²) < 4.78 is 1.31. The Kier molecular flexibility index (Phi) is 6.20. The molecular formula is C26H17Cl2N3O2S. The quantitative estimate of drug-likeness (QED) is 0.287. The molecule has 0 unspecified atom stereocenters. The number of anilines is 1. The second kappa shape index (κ2) is 9.43. The molecule has 0 aliphatic heterocycles. The topological polar surface area (TPSA) is 64.0 Å². The maximum atomic E-state index is 13.3. The predicted molar refractivity (Wildman–Crippen MR) is 140 cm³/mol. The largest absolute Gasteiger partial charge is 0.324 e. The third kappa shape index (κ3) is 4.48. The standard InChI is InChI=1S/C26H17Cl2N3O2S/c27-21-11-10-19(12-22(21)28)30-23(32)13-31-15-29-25-24(26(31)33)20(14-34-25)18-8-6-17(7-9-18)16-4-2-1-3-5-16/h1-12,14-15H,13H2,(H,30,32). The minimum Gasteiger partial charge on any atom is -0.324 e. The Balaban J connectivity index is 1.43. The lowest BCUT2D eigenvalue weighted by Gasteiger charge is -2.09. The van der Waals surface area contributed by atoms with Crippen LogP contribution in [0.2, 0.25) is 10.0 Å². The van der Waals surface area contributed by atoms with Gasteiger partial charge in [0.2, 0.25) is 5.91 Å². The third-order valence-corrected chi connectivity index (χ3v) is 7.01. The molecule has 0 saturated heterocycles. The molecule has 0 aliphatic carbocycles. The van der Waals surface area contributed by atoms with Gasteiger partial charge in [0, 0.05) is 16.6 Å². The second-order valence-electron chi connectivity index (χ2n) is 7.63. The van der Waals surface area contributed by atoms with E-state index in [1.165, 1.54) is 22.2 Å². The van der Waals surface area contributed by atoms with Crippen molar-refractivity contribution in [1.29, 1.82) is 0 Å². The zero-order valence-corrected chi connectivity index (χ0v) is 20.0. The van der Waals surface area contributed by atoms with Crippen molar-refractivity contribution < 1.29 is 4.79 Å². The lowest BCUT2D eigenvalue weighted by molar-refractivity contribution is -0.116. The maximum Gasteiger partial charge on any atom is 0.263 e. The van der Waals surface area contributed by atoms with Crippen LogP contribution in [0, 0.1) is 0 Å². The normalized spacial score (nSPS) is 11.0. The van der Waals surface area contributed by atoms with E-state index in [1.54, 1.807) is 18.2 Å². The molecule has 5 rings (SSSR count). The molecule has 168 valence electrons. The van der Waals surface area contributed by atoms with Crippen LogP contribution in [0.5, 0.6) is 0 Å². The van der Waals surface area contributed by atoms with Crippen LogP contribution in [0.1, 0.15) is 0 Å². The summed E-state index contributed by atoms with van der Waals surface area (Å²) in [5, 5.41) is 5.89. The van der Waals surface area contributed by atoms with E-state index in [9.17, 15) is 9.59 Å². The molecule has 1 amide bonds. The smallest absolute Gasteiger partial charge is 0.263 e. The molecule has 0 atom stereocenters. The lowest BCUT2D eigenvalue weighted by atomic mass is 10.0. The highest BCUT2D eigenvalue weighted by molar-refractivity contribution is 7.17. The van der Waals surface area contributed by atoms with Gasteiger partial charge in [-0.2, -0.15) is 0 Å². The van der Waals surface area contributed by atoms with Crippen molar-refractivity contribution in [2.45, 2.75) is 6.54 Å². The number of rotatable bonds is 5. The molecule has 0 radical (unpaired) electrons. The number of hydrogen-bond donors (Lipinski definition) is 1. The number of carbonyl (C=O) groups is 1. The Morgan fingerprint density at radius 3 is 2.35 bits per heavy atom. The number of halogens is 2. The molecule has 34 heavy (non-hydrogen) atoms. The van der Waals surface area contributed by atoms with Crippen LogP contribution in [0.3, 0.4) is 0 Å². The van der Waals surface area contributed by atoms with Crippen molar-refractivity contribution in [3.05, 3.63) is 105 Å². The highest BCUT2D eigenvalue weighted by Gasteiger charge is 2.15. The van der Waals surface area contributed by atoms with Gasteiger partial charge in [0.15, 0.2) is 0 Å². The molecular weight excluding hydrogens is 489 g/mol. The summed E-state index contributed by atoms with van der Waals surface area (Å²) in [4.78, 5) is 30.9. The highest BCUT2D eigenvalue weighted by Crippen LogP contribution is 2.32. The SMILES string of the molecule is O=C(Cn1cnc2scc(-c3ccc(-c4ccccc4)cc3)c2c1=O)Nc1ccc(Cl)c(Cl)c1. The number of aromatic nitrogens is 2. The van der Waals surface area contributed by atoms with Crippen molar-refractivity contribution in [3.63, 3.8) is 0 Å². The first-order valence-corrected chi connectivity index (χ1v) is 12.0. The molecule has 0 fully saturated rings. The molecule has 2 heterocycles. The van der Waals surface area contributed by atoms with E-state index in [0.29, 0.717) is 25.9 Å². The fourth-order valence-corrected chi connectivity index (χ4v) is 4.90. The number of nitrogens with zero attached hydrogens (tertiary/aromatic N) is 2. The zero-order valence-electron chi connectivity index (χ0n) is 17.7. The molecule has 8 heteroatoms. The number of benzene rings is 3. The second-order valence-corrected chi connectivity index (χ2v) is 9.30. The van der Waals surface area contributed by atoms with E-state index in [0.717, 1.165) is 22.3 Å². The van der Waals surface area contributed by atoms with Gasteiger partial charge in [-0.3, -0.25) is 14.2 Å². The van der Waals surface area contributed by atoms with Gasteiger partial charge in [-0.05, 0) is 34.9 Å². The number of nitrogens with one attached hydrogen (secondary N) is 1. The molecule has 0 saturated carbocycles. The number of fused-ring (bicyclic) bond motifs is 1. The molecule has 3 aromatic carbocycles. The molecule has 2 aromatic heterocycles. The monoisotopic (exact) mass is 505 g/mol. The maximum absolute atomic E-state index is 13.3. The highest BCUT2D eigenvalue weighted by atomic mass is 35.5. The van der Waals surface area contributed by atoms with Gasteiger partial charge >= 0.3 is 0 Å². The van der Waals surface area contributed by atoms with Crippen molar-refractivity contribution >= 4 is 56.3 Å². The van der Waals surface area contributed by atoms with E-state index in [-0.39, 0.29) is 18.0 Å². The van der Waals surface area contributed by atoms with E-state index in [2.05, 4.69) is 22.4 Å². The summed E-state index contributed by atoms with van der Waals surface area (Å²) in [7, 11) is 0. The summed E-state index contributed by atoms with van der Waals surface area (Å²) in [6.45, 7) is -0.176. The van der Waals surface area contributed by atoms with Crippen LogP contribution in [0.4, 0.5) is 5.69 Å². The number of hydrogen-bond acceptors (Lipinski definition) is 4. The first-order valence-electron chi connectivity index (χ1n) is 10.4. The van der Waals surface area contributed by atoms with E-state index in [1.807, 2.05) is 47.8 Å². The van der Waals surface area contributed by atoms with Gasteiger partial charge in [0.1, 0.15) is 11.4 Å². The fraction of sp³-hybridized carbons (Fsp3) is 0.0385. The third-order valence-electron chi connectivity index (χ3n) is 5.38. The Bertz CT molecular complexity index is 1560. The van der Waals surface area contributed by atoms with Gasteiger partial charge < -0.3 is 5.32 Å². The summed E-state index contributed by atoms with van der Waals surface area (Å²) in [5.41, 5.74) is 4.17. The first kappa shape index (κ1) is 22.3.